The van der Waals surface area contributed by atoms with Crippen LogP contribution in [0.2, 0.25) is 5.04 Å². The first-order chi connectivity index (χ1) is 22.8. The van der Waals surface area contributed by atoms with Crippen LogP contribution in [0.1, 0.15) is 40.2 Å². The predicted molar refractivity (Wildman–Crippen MR) is 185 cm³/mol. The average Bonchev–Trinajstić information content (AvgIpc) is 3.06. The van der Waals surface area contributed by atoms with Gasteiger partial charge in [-0.1, -0.05) is 81.4 Å². The lowest BCUT2D eigenvalue weighted by Gasteiger charge is -2.52. The highest BCUT2D eigenvalue weighted by Crippen LogP contribution is 2.44. The third kappa shape index (κ3) is 7.87. The number of aliphatic hydroxyl groups is 1. The number of nitrogens with zero attached hydrogens (tertiary/aromatic N) is 2. The Hall–Kier alpha value is -4.30. The molecule has 48 heavy (non-hydrogen) atoms. The van der Waals surface area contributed by atoms with Crippen molar-refractivity contribution in [2.45, 2.75) is 64.0 Å². The Morgan fingerprint density at radius 1 is 1.00 bits per heavy atom. The van der Waals surface area contributed by atoms with Crippen molar-refractivity contribution in [1.29, 1.82) is 0 Å². The van der Waals surface area contributed by atoms with Crippen molar-refractivity contribution in [3.63, 3.8) is 0 Å². The summed E-state index contributed by atoms with van der Waals surface area (Å²) in [6.45, 7) is 9.80. The number of likely N-dealkylation sites (tertiary alicyclic amines) is 1. The molecule has 1 amide bonds. The number of aliphatic hydroxyl groups excluding tert-OH is 1. The van der Waals surface area contributed by atoms with E-state index in [4.69, 9.17) is 13.9 Å². The first kappa shape index (κ1) is 36.5. The van der Waals surface area contributed by atoms with Crippen LogP contribution in [0.15, 0.2) is 96.4 Å². The molecule has 0 saturated carbocycles. The van der Waals surface area contributed by atoms with Crippen LogP contribution in [0.3, 0.4) is 0 Å². The number of nitro groups is 1. The van der Waals surface area contributed by atoms with E-state index in [1.807, 2.05) is 67.6 Å². The number of β-lactam (4-membered cyclic amide) rings is 1. The summed E-state index contributed by atoms with van der Waals surface area (Å²) in [4.78, 5) is 50.3. The van der Waals surface area contributed by atoms with E-state index in [1.165, 1.54) is 35.7 Å². The Morgan fingerprint density at radius 2 is 1.56 bits per heavy atom. The summed E-state index contributed by atoms with van der Waals surface area (Å²) in [7, 11) is -3.08. The van der Waals surface area contributed by atoms with E-state index in [-0.39, 0.29) is 23.9 Å². The molecule has 4 atom stereocenters. The van der Waals surface area contributed by atoms with Gasteiger partial charge in [-0.05, 0) is 52.4 Å². The molecule has 0 radical (unpaired) electrons. The van der Waals surface area contributed by atoms with E-state index < -0.39 is 54.7 Å². The van der Waals surface area contributed by atoms with Crippen molar-refractivity contribution in [1.82, 2.24) is 4.90 Å². The van der Waals surface area contributed by atoms with Crippen molar-refractivity contribution in [2.75, 3.05) is 6.61 Å². The zero-order chi connectivity index (χ0) is 35.1. The van der Waals surface area contributed by atoms with Gasteiger partial charge >= 0.3 is 11.9 Å². The molecule has 4 unspecified atom stereocenters. The minimum absolute atomic E-state index is 0.118. The molecule has 1 saturated heterocycles. The van der Waals surface area contributed by atoms with Gasteiger partial charge in [0.2, 0.25) is 12.1 Å². The van der Waals surface area contributed by atoms with Gasteiger partial charge in [0, 0.05) is 18.2 Å². The number of thioether (sulfide) groups is 1. The van der Waals surface area contributed by atoms with Gasteiger partial charge < -0.3 is 19.0 Å². The molecule has 4 rings (SSSR count). The lowest BCUT2D eigenvalue weighted by atomic mass is 9.92. The number of amides is 1. The fourth-order valence-electron chi connectivity index (χ4n) is 5.82. The number of nitro benzene ring substituents is 1. The van der Waals surface area contributed by atoms with Crippen molar-refractivity contribution >= 4 is 54.0 Å². The Kier molecular flexibility index (Phi) is 12.0. The van der Waals surface area contributed by atoms with Crippen LogP contribution in [-0.2, 0) is 34.9 Å². The number of rotatable bonds is 14. The fourth-order valence-corrected chi connectivity index (χ4v) is 11.7. The molecular formula is C35H40N2O9SSi. The molecule has 3 aromatic rings. The van der Waals surface area contributed by atoms with E-state index in [0.29, 0.717) is 5.56 Å². The van der Waals surface area contributed by atoms with Gasteiger partial charge in [0.15, 0.2) is 0 Å². The van der Waals surface area contributed by atoms with Gasteiger partial charge in [-0.15, -0.1) is 11.8 Å². The van der Waals surface area contributed by atoms with Crippen LogP contribution in [0.25, 0.3) is 0 Å². The smallest absolute Gasteiger partial charge is 0.356 e. The summed E-state index contributed by atoms with van der Waals surface area (Å²) >= 11 is 1.08. The number of hydrogen-bond acceptors (Lipinski definition) is 10. The maximum absolute atomic E-state index is 13.8. The van der Waals surface area contributed by atoms with Crippen molar-refractivity contribution < 1.29 is 38.3 Å². The maximum Gasteiger partial charge on any atom is 0.356 e. The minimum Gasteiger partial charge on any atom is -0.463 e. The lowest BCUT2D eigenvalue weighted by molar-refractivity contribution is -0.384. The molecule has 0 bridgehead atoms. The SMILES string of the molecule is CCOC(=O)/C=C\SC1C(C(C)O[Si](c2ccccc2)(c2ccccc2)C(C)(C)C)C(=O)N1C(O)C(=O)OCc1ccc([N+](=O)[O-])cc1. The zero-order valence-electron chi connectivity index (χ0n) is 27.5. The Morgan fingerprint density at radius 3 is 2.06 bits per heavy atom. The number of benzene rings is 3. The van der Waals surface area contributed by atoms with E-state index in [9.17, 15) is 29.6 Å². The number of carbonyl (C=O) groups excluding carboxylic acids is 3. The van der Waals surface area contributed by atoms with Crippen LogP contribution in [0, 0.1) is 16.0 Å². The largest absolute Gasteiger partial charge is 0.463 e. The first-order valence-corrected chi connectivity index (χ1v) is 18.3. The number of esters is 2. The van der Waals surface area contributed by atoms with Crippen molar-refractivity contribution in [3.05, 3.63) is 112 Å². The summed E-state index contributed by atoms with van der Waals surface area (Å²) in [6, 6.07) is 25.4. The van der Waals surface area contributed by atoms with Gasteiger partial charge in [-0.2, -0.15) is 0 Å². The molecule has 13 heteroatoms. The Bertz CT molecular complexity index is 1570. The van der Waals surface area contributed by atoms with Crippen molar-refractivity contribution in [2.24, 2.45) is 5.92 Å². The first-order valence-electron chi connectivity index (χ1n) is 15.5. The molecular weight excluding hydrogens is 653 g/mol. The molecule has 0 aliphatic carbocycles. The quantitative estimate of drug-likeness (QED) is 0.0640. The molecule has 0 spiro atoms. The number of hydrogen-bond donors (Lipinski definition) is 1. The normalized spacial score (nSPS) is 17.8. The van der Waals surface area contributed by atoms with Crippen LogP contribution < -0.4 is 10.4 Å². The average molecular weight is 693 g/mol. The summed E-state index contributed by atoms with van der Waals surface area (Å²) in [6.07, 6.45) is -1.39. The predicted octanol–water partition coefficient (Wildman–Crippen LogP) is 4.52. The van der Waals surface area contributed by atoms with Gasteiger partial charge in [0.05, 0.1) is 28.9 Å². The molecule has 254 valence electrons. The second-order valence-electron chi connectivity index (χ2n) is 12.2. The minimum atomic E-state index is -3.08. The van der Waals surface area contributed by atoms with E-state index in [2.05, 4.69) is 20.8 Å². The number of ether oxygens (including phenoxy) is 2. The van der Waals surface area contributed by atoms with Crippen LogP contribution in [0.4, 0.5) is 5.69 Å². The second-order valence-corrected chi connectivity index (χ2v) is 17.5. The monoisotopic (exact) mass is 692 g/mol. The molecule has 1 heterocycles. The Balaban J connectivity index is 1.62. The molecule has 3 aromatic carbocycles. The molecule has 1 N–H and O–H groups in total. The van der Waals surface area contributed by atoms with Gasteiger partial charge in [-0.3, -0.25) is 19.8 Å². The third-order valence-corrected chi connectivity index (χ3v) is 14.3. The third-order valence-electron chi connectivity index (χ3n) is 8.12. The van der Waals surface area contributed by atoms with Crippen LogP contribution in [0.5, 0.6) is 0 Å². The van der Waals surface area contributed by atoms with Crippen molar-refractivity contribution in [3.8, 4) is 0 Å². The van der Waals surface area contributed by atoms with Gasteiger partial charge in [-0.25, -0.2) is 9.59 Å². The fraction of sp³-hybridized carbons (Fsp3) is 0.343. The molecule has 1 aliphatic heterocycles. The van der Waals surface area contributed by atoms with Crippen LogP contribution in [-0.4, -0.2) is 65.4 Å². The molecule has 1 aliphatic rings. The topological polar surface area (TPSA) is 146 Å². The number of non-ortho nitro benzene ring substituents is 1. The van der Waals surface area contributed by atoms with Gasteiger partial charge in [0.25, 0.3) is 14.0 Å². The Labute approximate surface area is 285 Å². The standard InChI is InChI=1S/C35H40N2O9SSi/c1-6-44-29(38)21-22-47-33-30(31(39)36(33)32(40)34(41)45-23-25-17-19-26(20-18-25)37(42)43)24(2)46-48(35(3,4)5,27-13-9-7-10-14-27)28-15-11-8-12-16-28/h7-22,24,30,32-33,40H,6,23H2,1-5H3/b22-21-. The second kappa shape index (κ2) is 15.7. The summed E-state index contributed by atoms with van der Waals surface area (Å²) in [5, 5.41) is 24.4. The highest BCUT2D eigenvalue weighted by atomic mass is 32.2. The van der Waals surface area contributed by atoms with Crippen LogP contribution >= 0.6 is 11.8 Å². The maximum atomic E-state index is 13.8. The van der Waals surface area contributed by atoms with E-state index >= 15 is 0 Å². The number of carbonyl (C=O) groups is 3. The molecule has 11 nitrogen and oxygen atoms in total. The van der Waals surface area contributed by atoms with E-state index in [0.717, 1.165) is 27.0 Å². The van der Waals surface area contributed by atoms with E-state index in [1.54, 1.807) is 6.92 Å². The highest BCUT2D eigenvalue weighted by molar-refractivity contribution is 8.02. The summed E-state index contributed by atoms with van der Waals surface area (Å²) in [5.74, 6) is -2.94. The highest BCUT2D eigenvalue weighted by Gasteiger charge is 2.58. The molecule has 1 fully saturated rings. The summed E-state index contributed by atoms with van der Waals surface area (Å²) in [5.41, 5.74) is 0.344. The van der Waals surface area contributed by atoms with Gasteiger partial charge in [0.1, 0.15) is 6.61 Å². The lowest BCUT2D eigenvalue weighted by Crippen LogP contribution is -2.72. The summed E-state index contributed by atoms with van der Waals surface area (Å²) < 4.78 is 17.4. The zero-order valence-corrected chi connectivity index (χ0v) is 29.3. The molecule has 0 aromatic heterocycles.